The fraction of sp³-hybridized carbons (Fsp3) is 0.611. The van der Waals surface area contributed by atoms with Gasteiger partial charge in [-0.2, -0.15) is 0 Å². The first-order valence-corrected chi connectivity index (χ1v) is 8.76. The maximum Gasteiger partial charge on any atom is 0.191 e. The Bertz CT molecular complexity index is 554. The summed E-state index contributed by atoms with van der Waals surface area (Å²) < 4.78 is 14.4. The highest BCUT2D eigenvalue weighted by Crippen LogP contribution is 2.24. The van der Waals surface area contributed by atoms with Gasteiger partial charge >= 0.3 is 0 Å². The van der Waals surface area contributed by atoms with E-state index in [1.807, 2.05) is 24.0 Å². The summed E-state index contributed by atoms with van der Waals surface area (Å²) in [4.78, 5) is 6.50. The summed E-state index contributed by atoms with van der Waals surface area (Å²) in [6, 6.07) is 5.59. The number of aliphatic imine (C=N–C) groups is 1. The summed E-state index contributed by atoms with van der Waals surface area (Å²) >= 11 is 0. The number of benzene rings is 1. The summed E-state index contributed by atoms with van der Waals surface area (Å²) in [6.45, 7) is 8.72. The Morgan fingerprint density at radius 2 is 2.08 bits per heavy atom. The molecule has 3 N–H and O–H groups in total. The molecule has 0 saturated carbocycles. The number of hydrogen-bond donors (Lipinski definition) is 3. The monoisotopic (exact) mass is 336 g/mol. The number of rotatable bonds is 5. The largest absolute Gasteiger partial charge is 0.393 e. The lowest BCUT2D eigenvalue weighted by Gasteiger charge is -2.31. The highest BCUT2D eigenvalue weighted by atomic mass is 19.1. The summed E-state index contributed by atoms with van der Waals surface area (Å²) in [5.41, 5.74) is 1.45. The van der Waals surface area contributed by atoms with Gasteiger partial charge in [-0.25, -0.2) is 9.38 Å². The first kappa shape index (κ1) is 18.5. The van der Waals surface area contributed by atoms with Crippen LogP contribution in [0.1, 0.15) is 39.2 Å². The quantitative estimate of drug-likeness (QED) is 0.570. The van der Waals surface area contributed by atoms with Gasteiger partial charge in [-0.15, -0.1) is 0 Å². The zero-order valence-corrected chi connectivity index (χ0v) is 14.8. The van der Waals surface area contributed by atoms with Crippen LogP contribution in [0.4, 0.5) is 10.1 Å². The molecule has 1 aliphatic heterocycles. The molecule has 1 heterocycles. The molecule has 0 spiro atoms. The van der Waals surface area contributed by atoms with Crippen LogP contribution in [0.3, 0.4) is 0 Å². The molecule has 5 nitrogen and oxygen atoms in total. The Morgan fingerprint density at radius 1 is 1.38 bits per heavy atom. The third-order valence-corrected chi connectivity index (χ3v) is 4.01. The maximum absolute atomic E-state index is 14.4. The first-order valence-electron chi connectivity index (χ1n) is 8.76. The molecule has 134 valence electrons. The molecule has 24 heavy (non-hydrogen) atoms. The lowest BCUT2D eigenvalue weighted by Crippen LogP contribution is -2.41. The fourth-order valence-corrected chi connectivity index (χ4v) is 2.78. The standard InChI is InChI=1S/C18H29FN4O/c1-4-20-18(22-13(2)3)21-12-14-5-6-17(16(19)11-14)23-9-7-15(24)8-10-23/h5-6,11,13,15,24H,4,7-10,12H2,1-3H3,(H2,20,21,22). The first-order chi connectivity index (χ1) is 11.5. The summed E-state index contributed by atoms with van der Waals surface area (Å²) in [7, 11) is 0. The zero-order valence-electron chi connectivity index (χ0n) is 14.8. The molecule has 0 unspecified atom stereocenters. The predicted octanol–water partition coefficient (Wildman–Crippen LogP) is 2.25. The molecule has 1 saturated heterocycles. The fourth-order valence-electron chi connectivity index (χ4n) is 2.78. The van der Waals surface area contributed by atoms with E-state index in [4.69, 9.17) is 0 Å². The van der Waals surface area contributed by atoms with E-state index in [-0.39, 0.29) is 18.0 Å². The minimum atomic E-state index is -0.254. The molecule has 1 aliphatic rings. The summed E-state index contributed by atoms with van der Waals surface area (Å²) in [5, 5.41) is 16.0. The van der Waals surface area contributed by atoms with E-state index in [2.05, 4.69) is 29.5 Å². The summed E-state index contributed by atoms with van der Waals surface area (Å²) in [5.74, 6) is 0.517. The van der Waals surface area contributed by atoms with Crippen molar-refractivity contribution < 1.29 is 9.50 Å². The van der Waals surface area contributed by atoms with E-state index in [1.165, 1.54) is 0 Å². The molecule has 0 atom stereocenters. The number of nitrogens with one attached hydrogen (secondary N) is 2. The topological polar surface area (TPSA) is 59.9 Å². The van der Waals surface area contributed by atoms with Gasteiger partial charge in [-0.3, -0.25) is 0 Å². The van der Waals surface area contributed by atoms with Crippen LogP contribution in [0.25, 0.3) is 0 Å². The third-order valence-electron chi connectivity index (χ3n) is 4.01. The molecule has 0 bridgehead atoms. The molecule has 0 aliphatic carbocycles. The van der Waals surface area contributed by atoms with Crippen LogP contribution < -0.4 is 15.5 Å². The van der Waals surface area contributed by atoms with E-state index in [9.17, 15) is 9.50 Å². The van der Waals surface area contributed by atoms with Gasteiger partial charge in [-0.05, 0) is 51.3 Å². The van der Waals surface area contributed by atoms with Gasteiger partial charge in [0.1, 0.15) is 5.82 Å². The second kappa shape index (κ2) is 8.87. The van der Waals surface area contributed by atoms with Crippen molar-refractivity contribution in [3.63, 3.8) is 0 Å². The van der Waals surface area contributed by atoms with Crippen molar-refractivity contribution in [1.82, 2.24) is 10.6 Å². The van der Waals surface area contributed by atoms with Crippen molar-refractivity contribution in [3.8, 4) is 0 Å². The third kappa shape index (κ3) is 5.37. The number of aliphatic hydroxyl groups excluding tert-OH is 1. The molecule has 0 aromatic heterocycles. The molecule has 1 aromatic rings. The number of nitrogens with zero attached hydrogens (tertiary/aromatic N) is 2. The van der Waals surface area contributed by atoms with Crippen LogP contribution in [0.2, 0.25) is 0 Å². The number of halogens is 1. The zero-order chi connectivity index (χ0) is 17.5. The lowest BCUT2D eigenvalue weighted by molar-refractivity contribution is 0.145. The number of piperidine rings is 1. The predicted molar refractivity (Wildman–Crippen MR) is 96.9 cm³/mol. The highest BCUT2D eigenvalue weighted by Gasteiger charge is 2.19. The highest BCUT2D eigenvalue weighted by molar-refractivity contribution is 5.80. The maximum atomic E-state index is 14.4. The number of hydrogen-bond acceptors (Lipinski definition) is 3. The Morgan fingerprint density at radius 3 is 2.67 bits per heavy atom. The van der Waals surface area contributed by atoms with E-state index >= 15 is 0 Å². The minimum absolute atomic E-state index is 0.221. The van der Waals surface area contributed by atoms with Gasteiger partial charge in [0.15, 0.2) is 5.96 Å². The molecular weight excluding hydrogens is 307 g/mol. The average molecular weight is 336 g/mol. The van der Waals surface area contributed by atoms with Gasteiger partial charge in [0.2, 0.25) is 0 Å². The number of aliphatic hydroxyl groups is 1. The van der Waals surface area contributed by atoms with Crippen LogP contribution >= 0.6 is 0 Å². The molecule has 6 heteroatoms. The van der Waals surface area contributed by atoms with Gasteiger partial charge < -0.3 is 20.6 Å². The van der Waals surface area contributed by atoms with Crippen molar-refractivity contribution in [2.24, 2.45) is 4.99 Å². The van der Waals surface area contributed by atoms with Crippen molar-refractivity contribution in [3.05, 3.63) is 29.6 Å². The second-order valence-electron chi connectivity index (χ2n) is 6.50. The van der Waals surface area contributed by atoms with E-state index in [0.717, 1.165) is 18.1 Å². The molecule has 0 amide bonds. The van der Waals surface area contributed by atoms with Crippen molar-refractivity contribution in [2.45, 2.75) is 52.3 Å². The molecule has 1 aromatic carbocycles. The van der Waals surface area contributed by atoms with Crippen molar-refractivity contribution >= 4 is 11.6 Å². The van der Waals surface area contributed by atoms with E-state index in [0.29, 0.717) is 38.2 Å². The van der Waals surface area contributed by atoms with E-state index < -0.39 is 0 Å². The average Bonchev–Trinajstić information content (AvgIpc) is 2.53. The molecular formula is C18H29FN4O. The van der Waals surface area contributed by atoms with Gasteiger partial charge in [0.05, 0.1) is 18.3 Å². The molecule has 2 rings (SSSR count). The Hall–Kier alpha value is -1.82. The Labute approximate surface area is 144 Å². The normalized spacial score (nSPS) is 16.6. The van der Waals surface area contributed by atoms with Crippen LogP contribution in [0, 0.1) is 5.82 Å². The SMILES string of the molecule is CCNC(=NCc1ccc(N2CCC(O)CC2)c(F)c1)NC(C)C. The smallest absolute Gasteiger partial charge is 0.191 e. The minimum Gasteiger partial charge on any atom is -0.393 e. The van der Waals surface area contributed by atoms with Crippen molar-refractivity contribution in [1.29, 1.82) is 0 Å². The Balaban J connectivity index is 2.03. The van der Waals surface area contributed by atoms with Crippen LogP contribution in [-0.4, -0.2) is 42.8 Å². The number of guanidine groups is 1. The van der Waals surface area contributed by atoms with E-state index in [1.54, 1.807) is 6.07 Å². The van der Waals surface area contributed by atoms with Crippen LogP contribution in [0.15, 0.2) is 23.2 Å². The van der Waals surface area contributed by atoms with Gasteiger partial charge in [0.25, 0.3) is 0 Å². The summed E-state index contributed by atoms with van der Waals surface area (Å²) in [6.07, 6.45) is 1.13. The van der Waals surface area contributed by atoms with Crippen LogP contribution in [0.5, 0.6) is 0 Å². The van der Waals surface area contributed by atoms with Gasteiger partial charge in [-0.1, -0.05) is 6.07 Å². The molecule has 0 radical (unpaired) electrons. The number of anilines is 1. The van der Waals surface area contributed by atoms with Crippen LogP contribution in [-0.2, 0) is 6.54 Å². The Kier molecular flexibility index (Phi) is 6.85. The van der Waals surface area contributed by atoms with Gasteiger partial charge in [0, 0.05) is 25.7 Å². The lowest BCUT2D eigenvalue weighted by atomic mass is 10.1. The molecule has 1 fully saturated rings. The van der Waals surface area contributed by atoms with Crippen molar-refractivity contribution in [2.75, 3.05) is 24.5 Å². The second-order valence-corrected chi connectivity index (χ2v) is 6.50.